The fourth-order valence-electron chi connectivity index (χ4n) is 2.78. The number of hydrogen-bond acceptors (Lipinski definition) is 5. The van der Waals surface area contributed by atoms with Gasteiger partial charge in [-0.05, 0) is 49.9 Å². The highest BCUT2D eigenvalue weighted by Gasteiger charge is 2.18. The molecule has 1 aromatic heterocycles. The second-order valence-corrected chi connectivity index (χ2v) is 7.03. The minimum atomic E-state index is 0.574. The molecule has 3 rings (SSSR count). The molecule has 4 nitrogen and oxygen atoms in total. The Hall–Kier alpha value is -1.49. The fraction of sp³-hybridized carbons (Fsp3) is 0.500. The van der Waals surface area contributed by atoms with Crippen LogP contribution in [0.2, 0.25) is 0 Å². The molecule has 0 unspecified atom stereocenters. The molecule has 0 radical (unpaired) electrons. The van der Waals surface area contributed by atoms with Crippen molar-refractivity contribution in [1.29, 1.82) is 0 Å². The Bertz CT molecular complexity index is 632. The molecule has 1 aromatic carbocycles. The fourth-order valence-corrected chi connectivity index (χ4v) is 3.95. The van der Waals surface area contributed by atoms with E-state index in [1.807, 2.05) is 30.8 Å². The van der Waals surface area contributed by atoms with E-state index in [9.17, 15) is 0 Å². The Morgan fingerprint density at radius 1 is 1.29 bits per heavy atom. The van der Waals surface area contributed by atoms with Gasteiger partial charge in [0, 0.05) is 16.5 Å². The number of nitrogen functional groups attached to an aromatic ring is 1. The number of aryl methyl sites for hydroxylation is 1. The van der Waals surface area contributed by atoms with Crippen LogP contribution >= 0.6 is 11.8 Å². The van der Waals surface area contributed by atoms with E-state index >= 15 is 0 Å². The molecule has 0 atom stereocenters. The molecule has 1 aliphatic carbocycles. The number of nitrogens with zero attached hydrogens (tertiary/aromatic N) is 2. The van der Waals surface area contributed by atoms with Crippen LogP contribution in [0, 0.1) is 13.8 Å². The van der Waals surface area contributed by atoms with Crippen LogP contribution < -0.4 is 5.73 Å². The summed E-state index contributed by atoms with van der Waals surface area (Å²) in [6.45, 7) is 4.10. The minimum Gasteiger partial charge on any atom is -0.399 e. The van der Waals surface area contributed by atoms with Crippen molar-refractivity contribution in [2.45, 2.75) is 50.5 Å². The molecule has 2 N–H and O–H groups in total. The van der Waals surface area contributed by atoms with Crippen molar-refractivity contribution in [1.82, 2.24) is 10.1 Å². The normalized spacial score (nSPS) is 15.7. The smallest absolute Gasteiger partial charge is 0.258 e. The largest absolute Gasteiger partial charge is 0.399 e. The first kappa shape index (κ1) is 14.4. The summed E-state index contributed by atoms with van der Waals surface area (Å²) in [5, 5.41) is 4.87. The maximum atomic E-state index is 5.92. The molecule has 0 aliphatic heterocycles. The van der Waals surface area contributed by atoms with E-state index in [0.717, 1.165) is 39.2 Å². The zero-order chi connectivity index (χ0) is 14.8. The second-order valence-electron chi connectivity index (χ2n) is 5.74. The first-order valence-electron chi connectivity index (χ1n) is 7.45. The molecule has 1 aliphatic rings. The van der Waals surface area contributed by atoms with Crippen molar-refractivity contribution in [2.24, 2.45) is 0 Å². The highest BCUT2D eigenvalue weighted by Crippen LogP contribution is 2.32. The van der Waals surface area contributed by atoms with E-state index in [1.54, 1.807) is 0 Å². The molecule has 1 heterocycles. The monoisotopic (exact) mass is 303 g/mol. The van der Waals surface area contributed by atoms with Crippen LogP contribution in [0.5, 0.6) is 0 Å². The number of rotatable bonds is 4. The molecular weight excluding hydrogens is 282 g/mol. The molecule has 0 saturated heterocycles. The summed E-state index contributed by atoms with van der Waals surface area (Å²) in [7, 11) is 0. The van der Waals surface area contributed by atoms with E-state index in [-0.39, 0.29) is 0 Å². The van der Waals surface area contributed by atoms with Crippen LogP contribution in [0.4, 0.5) is 5.69 Å². The third kappa shape index (κ3) is 3.23. The van der Waals surface area contributed by atoms with Crippen LogP contribution in [0.15, 0.2) is 16.7 Å². The van der Waals surface area contributed by atoms with Crippen molar-refractivity contribution in [3.63, 3.8) is 0 Å². The van der Waals surface area contributed by atoms with Gasteiger partial charge in [0.05, 0.1) is 5.75 Å². The van der Waals surface area contributed by atoms with Gasteiger partial charge in [-0.3, -0.25) is 0 Å². The van der Waals surface area contributed by atoms with Gasteiger partial charge in [-0.1, -0.05) is 18.0 Å². The third-order valence-corrected chi connectivity index (χ3v) is 5.51. The van der Waals surface area contributed by atoms with Gasteiger partial charge in [-0.15, -0.1) is 0 Å². The Kier molecular flexibility index (Phi) is 4.19. The average molecular weight is 303 g/mol. The lowest BCUT2D eigenvalue weighted by Crippen LogP contribution is -1.96. The zero-order valence-electron chi connectivity index (χ0n) is 12.6. The van der Waals surface area contributed by atoms with Gasteiger partial charge in [-0.2, -0.15) is 16.7 Å². The van der Waals surface area contributed by atoms with Gasteiger partial charge in [0.15, 0.2) is 5.82 Å². The lowest BCUT2D eigenvalue weighted by atomic mass is 10.0. The standard InChI is InChI=1S/C16H21N3OS/c1-10-7-12(17)8-14(11(10)2)16-18-15(19-20-16)9-21-13-5-3-4-6-13/h7-8,13H,3-6,9,17H2,1-2H3. The molecule has 112 valence electrons. The van der Waals surface area contributed by atoms with Crippen molar-refractivity contribution in [3.05, 3.63) is 29.1 Å². The first-order valence-corrected chi connectivity index (χ1v) is 8.49. The Balaban J connectivity index is 1.75. The number of aromatic nitrogens is 2. The summed E-state index contributed by atoms with van der Waals surface area (Å²) in [5.41, 5.74) is 9.88. The predicted molar refractivity (Wildman–Crippen MR) is 87.2 cm³/mol. The molecule has 1 saturated carbocycles. The predicted octanol–water partition coefficient (Wildman–Crippen LogP) is 4.11. The lowest BCUT2D eigenvalue weighted by Gasteiger charge is -2.06. The molecular formula is C16H21N3OS. The molecule has 21 heavy (non-hydrogen) atoms. The Morgan fingerprint density at radius 3 is 2.81 bits per heavy atom. The third-order valence-electron chi connectivity index (χ3n) is 4.14. The number of benzene rings is 1. The summed E-state index contributed by atoms with van der Waals surface area (Å²) in [6, 6.07) is 3.87. The number of nitrogens with two attached hydrogens (primary N) is 1. The van der Waals surface area contributed by atoms with Crippen LogP contribution in [0.3, 0.4) is 0 Å². The van der Waals surface area contributed by atoms with E-state index in [1.165, 1.54) is 25.7 Å². The van der Waals surface area contributed by atoms with Crippen LogP contribution in [0.25, 0.3) is 11.5 Å². The summed E-state index contributed by atoms with van der Waals surface area (Å²) in [4.78, 5) is 4.53. The maximum Gasteiger partial charge on any atom is 0.258 e. The van der Waals surface area contributed by atoms with Gasteiger partial charge in [-0.25, -0.2) is 0 Å². The molecule has 0 bridgehead atoms. The van der Waals surface area contributed by atoms with Gasteiger partial charge in [0.2, 0.25) is 0 Å². The number of hydrogen-bond donors (Lipinski definition) is 1. The summed E-state index contributed by atoms with van der Waals surface area (Å²) in [6.07, 6.45) is 5.36. The number of thioether (sulfide) groups is 1. The van der Waals surface area contributed by atoms with Crippen molar-refractivity contribution < 1.29 is 4.52 Å². The molecule has 2 aromatic rings. The van der Waals surface area contributed by atoms with Crippen molar-refractivity contribution in [2.75, 3.05) is 5.73 Å². The maximum absolute atomic E-state index is 5.92. The van der Waals surface area contributed by atoms with Gasteiger partial charge in [0.1, 0.15) is 0 Å². The number of anilines is 1. The Labute approximate surface area is 129 Å². The van der Waals surface area contributed by atoms with E-state index < -0.39 is 0 Å². The topological polar surface area (TPSA) is 64.9 Å². The van der Waals surface area contributed by atoms with E-state index in [4.69, 9.17) is 10.3 Å². The van der Waals surface area contributed by atoms with Gasteiger partial charge >= 0.3 is 0 Å². The zero-order valence-corrected chi connectivity index (χ0v) is 13.4. The Morgan fingerprint density at radius 2 is 2.05 bits per heavy atom. The average Bonchev–Trinajstić information content (AvgIpc) is 3.11. The molecule has 0 spiro atoms. The first-order chi connectivity index (χ1) is 10.1. The van der Waals surface area contributed by atoms with Crippen LogP contribution in [0.1, 0.15) is 42.6 Å². The van der Waals surface area contributed by atoms with Crippen molar-refractivity contribution >= 4 is 17.4 Å². The molecule has 1 fully saturated rings. The van der Waals surface area contributed by atoms with E-state index in [0.29, 0.717) is 5.89 Å². The lowest BCUT2D eigenvalue weighted by molar-refractivity contribution is 0.425. The molecule has 0 amide bonds. The van der Waals surface area contributed by atoms with Gasteiger partial charge < -0.3 is 10.3 Å². The van der Waals surface area contributed by atoms with E-state index in [2.05, 4.69) is 17.1 Å². The summed E-state index contributed by atoms with van der Waals surface area (Å²) >= 11 is 1.95. The SMILES string of the molecule is Cc1cc(N)cc(-c2nc(CSC3CCCC3)no2)c1C. The quantitative estimate of drug-likeness (QED) is 0.861. The second kappa shape index (κ2) is 6.10. The van der Waals surface area contributed by atoms with Crippen LogP contribution in [-0.2, 0) is 5.75 Å². The summed E-state index contributed by atoms with van der Waals surface area (Å²) in [5.74, 6) is 2.18. The summed E-state index contributed by atoms with van der Waals surface area (Å²) < 4.78 is 5.43. The van der Waals surface area contributed by atoms with Gasteiger partial charge in [0.25, 0.3) is 5.89 Å². The highest BCUT2D eigenvalue weighted by molar-refractivity contribution is 7.99. The van der Waals surface area contributed by atoms with Crippen LogP contribution in [-0.4, -0.2) is 15.4 Å². The van der Waals surface area contributed by atoms with Crippen molar-refractivity contribution in [3.8, 4) is 11.5 Å². The highest BCUT2D eigenvalue weighted by atomic mass is 32.2. The molecule has 5 heteroatoms. The minimum absolute atomic E-state index is 0.574.